The predicted octanol–water partition coefficient (Wildman–Crippen LogP) is 4.89. The molecule has 32 heavy (non-hydrogen) atoms. The molecule has 0 aliphatic rings. The summed E-state index contributed by atoms with van der Waals surface area (Å²) in [6.07, 6.45) is 0. The Balaban J connectivity index is 1.51. The highest BCUT2D eigenvalue weighted by Crippen LogP contribution is 2.29. The van der Waals surface area contributed by atoms with Gasteiger partial charge in [0, 0.05) is 11.3 Å². The number of sulfonamides is 1. The normalized spacial score (nSPS) is 11.3. The van der Waals surface area contributed by atoms with E-state index in [0.717, 1.165) is 40.2 Å². The van der Waals surface area contributed by atoms with Crippen LogP contribution in [-0.2, 0) is 10.0 Å². The summed E-state index contributed by atoms with van der Waals surface area (Å²) in [5, 5.41) is 3.15. The van der Waals surface area contributed by atoms with Crippen molar-refractivity contribution in [2.45, 2.75) is 11.8 Å². The van der Waals surface area contributed by atoms with E-state index in [9.17, 15) is 17.6 Å². The van der Waals surface area contributed by atoms with E-state index in [2.05, 4.69) is 15.0 Å². The van der Waals surface area contributed by atoms with Crippen molar-refractivity contribution in [1.82, 2.24) is 4.98 Å². The van der Waals surface area contributed by atoms with Crippen LogP contribution >= 0.6 is 11.3 Å². The lowest BCUT2D eigenvalue weighted by atomic mass is 10.2. The second kappa shape index (κ2) is 8.93. The second-order valence-corrected chi connectivity index (χ2v) is 9.39. The Kier molecular flexibility index (Phi) is 6.06. The monoisotopic (exact) mass is 471 g/mol. The number of carbonyl (C=O) groups is 1. The van der Waals surface area contributed by atoms with Crippen LogP contribution in [0.1, 0.15) is 17.3 Å². The van der Waals surface area contributed by atoms with Gasteiger partial charge in [0.1, 0.15) is 11.6 Å². The summed E-state index contributed by atoms with van der Waals surface area (Å²) < 4.78 is 46.8. The summed E-state index contributed by atoms with van der Waals surface area (Å²) in [7, 11) is -3.93. The highest BCUT2D eigenvalue weighted by atomic mass is 32.2. The number of aromatic nitrogens is 1. The summed E-state index contributed by atoms with van der Waals surface area (Å²) >= 11 is 1.31. The molecule has 0 aliphatic heterocycles. The molecule has 0 aliphatic carbocycles. The Bertz CT molecular complexity index is 1390. The molecule has 4 aromatic rings. The summed E-state index contributed by atoms with van der Waals surface area (Å²) in [5.74, 6) is -0.244. The molecule has 4 rings (SSSR count). The van der Waals surface area contributed by atoms with Crippen LogP contribution in [0.4, 0.5) is 15.2 Å². The first-order valence-corrected chi connectivity index (χ1v) is 11.9. The first kappa shape index (κ1) is 21.7. The quantitative estimate of drug-likeness (QED) is 0.400. The highest BCUT2D eigenvalue weighted by Gasteiger charge is 2.16. The Hall–Kier alpha value is -3.50. The maximum Gasteiger partial charge on any atom is 0.261 e. The molecule has 3 aromatic carbocycles. The van der Waals surface area contributed by atoms with Crippen LogP contribution in [0.25, 0.3) is 10.2 Å². The van der Waals surface area contributed by atoms with E-state index in [0.29, 0.717) is 11.7 Å². The van der Waals surface area contributed by atoms with Gasteiger partial charge in [-0.3, -0.25) is 14.8 Å². The smallest absolute Gasteiger partial charge is 0.261 e. The average Bonchev–Trinajstić information content (AvgIpc) is 3.15. The van der Waals surface area contributed by atoms with Crippen LogP contribution in [0.3, 0.4) is 0 Å². The molecule has 0 radical (unpaired) electrons. The molecule has 0 spiro atoms. The molecule has 1 aromatic heterocycles. The molecule has 0 saturated heterocycles. The van der Waals surface area contributed by atoms with Crippen LogP contribution in [0.5, 0.6) is 5.75 Å². The third kappa shape index (κ3) is 4.87. The number of nitrogens with zero attached hydrogens (tertiary/aromatic N) is 1. The molecule has 0 saturated carbocycles. The minimum Gasteiger partial charge on any atom is -0.494 e. The standard InChI is InChI=1S/C22H18FN3O4S2/c1-2-30-17-8-11-19-20(13-17)31-22(24-19)25-21(27)14-4-3-5-16(12-14)26-32(28,29)18-9-6-15(23)7-10-18/h3-13,26H,2H2,1H3,(H,24,25,27). The van der Waals surface area contributed by atoms with Gasteiger partial charge >= 0.3 is 0 Å². The van der Waals surface area contributed by atoms with Gasteiger partial charge in [0.2, 0.25) is 0 Å². The summed E-state index contributed by atoms with van der Waals surface area (Å²) in [6.45, 7) is 2.45. The van der Waals surface area contributed by atoms with Crippen molar-refractivity contribution in [3.8, 4) is 5.75 Å². The lowest BCUT2D eigenvalue weighted by molar-refractivity contribution is 0.102. The molecule has 1 heterocycles. The minimum absolute atomic E-state index is 0.0883. The number of hydrogen-bond donors (Lipinski definition) is 2. The number of amides is 1. The van der Waals surface area contributed by atoms with Gasteiger partial charge in [-0.15, -0.1) is 0 Å². The number of benzene rings is 3. The number of halogens is 1. The van der Waals surface area contributed by atoms with Gasteiger partial charge in [-0.05, 0) is 67.6 Å². The van der Waals surface area contributed by atoms with E-state index < -0.39 is 21.7 Å². The average molecular weight is 472 g/mol. The van der Waals surface area contributed by atoms with E-state index >= 15 is 0 Å². The fourth-order valence-corrected chi connectivity index (χ4v) is 4.87. The number of nitrogens with one attached hydrogen (secondary N) is 2. The van der Waals surface area contributed by atoms with Crippen LogP contribution < -0.4 is 14.8 Å². The van der Waals surface area contributed by atoms with E-state index in [1.54, 1.807) is 12.1 Å². The van der Waals surface area contributed by atoms with Crippen molar-refractivity contribution < 1.29 is 22.3 Å². The zero-order valence-electron chi connectivity index (χ0n) is 16.8. The Morgan fingerprint density at radius 1 is 1.09 bits per heavy atom. The van der Waals surface area contributed by atoms with Gasteiger partial charge in [-0.25, -0.2) is 17.8 Å². The van der Waals surface area contributed by atoms with E-state index in [1.165, 1.54) is 23.5 Å². The Morgan fingerprint density at radius 2 is 1.88 bits per heavy atom. The number of carbonyl (C=O) groups excluding carboxylic acids is 1. The number of ether oxygens (including phenoxy) is 1. The zero-order valence-corrected chi connectivity index (χ0v) is 18.5. The molecular formula is C22H18FN3O4S2. The molecule has 0 bridgehead atoms. The molecule has 7 nitrogen and oxygen atoms in total. The predicted molar refractivity (Wildman–Crippen MR) is 122 cm³/mol. The van der Waals surface area contributed by atoms with Gasteiger partial charge < -0.3 is 4.74 Å². The van der Waals surface area contributed by atoms with Crippen molar-refractivity contribution in [2.24, 2.45) is 0 Å². The summed E-state index contributed by atoms with van der Waals surface area (Å²) in [4.78, 5) is 17.0. The number of anilines is 2. The molecule has 2 N–H and O–H groups in total. The van der Waals surface area contributed by atoms with Crippen LogP contribution in [0, 0.1) is 5.82 Å². The lowest BCUT2D eigenvalue weighted by Gasteiger charge is -2.09. The molecule has 0 unspecified atom stereocenters. The molecule has 164 valence electrons. The van der Waals surface area contributed by atoms with Gasteiger partial charge in [0.05, 0.1) is 21.7 Å². The number of thiazole rings is 1. The first-order valence-electron chi connectivity index (χ1n) is 9.57. The highest BCUT2D eigenvalue weighted by molar-refractivity contribution is 7.92. The largest absolute Gasteiger partial charge is 0.494 e. The minimum atomic E-state index is -3.93. The lowest BCUT2D eigenvalue weighted by Crippen LogP contribution is -2.15. The van der Waals surface area contributed by atoms with Gasteiger partial charge in [0.15, 0.2) is 5.13 Å². The van der Waals surface area contributed by atoms with Crippen molar-refractivity contribution in [1.29, 1.82) is 0 Å². The number of fused-ring (bicyclic) bond motifs is 1. The summed E-state index contributed by atoms with van der Waals surface area (Å²) in [6, 6.07) is 16.0. The Morgan fingerprint density at radius 3 is 2.62 bits per heavy atom. The third-order valence-electron chi connectivity index (χ3n) is 4.39. The molecule has 0 fully saturated rings. The molecule has 0 atom stereocenters. The third-order valence-corrected chi connectivity index (χ3v) is 6.72. The fourth-order valence-electron chi connectivity index (χ4n) is 2.94. The fraction of sp³-hybridized carbons (Fsp3) is 0.0909. The first-order chi connectivity index (χ1) is 15.3. The SMILES string of the molecule is CCOc1ccc2nc(NC(=O)c3cccc(NS(=O)(=O)c4ccc(F)cc4)c3)sc2c1. The van der Waals surface area contributed by atoms with Crippen molar-refractivity contribution in [2.75, 3.05) is 16.6 Å². The van der Waals surface area contributed by atoms with Gasteiger partial charge in [-0.1, -0.05) is 17.4 Å². The number of rotatable bonds is 7. The topological polar surface area (TPSA) is 97.4 Å². The summed E-state index contributed by atoms with van der Waals surface area (Å²) in [5.41, 5.74) is 1.18. The van der Waals surface area contributed by atoms with E-state index in [-0.39, 0.29) is 16.1 Å². The number of hydrogen-bond acceptors (Lipinski definition) is 6. The van der Waals surface area contributed by atoms with E-state index in [1.807, 2.05) is 25.1 Å². The van der Waals surface area contributed by atoms with Crippen LogP contribution in [0.2, 0.25) is 0 Å². The van der Waals surface area contributed by atoms with Gasteiger partial charge in [-0.2, -0.15) is 0 Å². The van der Waals surface area contributed by atoms with Crippen molar-refractivity contribution >= 4 is 48.3 Å². The molecule has 1 amide bonds. The van der Waals surface area contributed by atoms with Crippen LogP contribution in [0.15, 0.2) is 71.6 Å². The molecular weight excluding hydrogens is 453 g/mol. The Labute approximate surface area is 187 Å². The molecule has 10 heteroatoms. The maximum absolute atomic E-state index is 13.1. The van der Waals surface area contributed by atoms with E-state index in [4.69, 9.17) is 4.74 Å². The maximum atomic E-state index is 13.1. The second-order valence-electron chi connectivity index (χ2n) is 6.68. The zero-order chi connectivity index (χ0) is 22.7. The van der Waals surface area contributed by atoms with Gasteiger partial charge in [0.25, 0.3) is 15.9 Å². The van der Waals surface area contributed by atoms with Crippen molar-refractivity contribution in [3.63, 3.8) is 0 Å². The van der Waals surface area contributed by atoms with Crippen molar-refractivity contribution in [3.05, 3.63) is 78.1 Å². The van der Waals surface area contributed by atoms with Crippen LogP contribution in [-0.4, -0.2) is 25.9 Å².